The maximum atomic E-state index is 12.8. The van der Waals surface area contributed by atoms with Gasteiger partial charge in [0.2, 0.25) is 0 Å². The van der Waals surface area contributed by atoms with E-state index in [0.29, 0.717) is 16.3 Å². The molecule has 6 nitrogen and oxygen atoms in total. The quantitative estimate of drug-likeness (QED) is 0.322. The molecule has 0 bridgehead atoms. The molecule has 2 aromatic carbocycles. The zero-order valence-corrected chi connectivity index (χ0v) is 17.1. The molecule has 0 atom stereocenters. The number of thioether (sulfide) groups is 1. The van der Waals surface area contributed by atoms with Crippen LogP contribution in [0.5, 0.6) is 5.75 Å². The topological polar surface area (TPSA) is 81.5 Å². The molecule has 28 heavy (non-hydrogen) atoms. The third kappa shape index (κ3) is 4.02. The van der Waals surface area contributed by atoms with Crippen molar-refractivity contribution in [2.24, 2.45) is 0 Å². The third-order valence-corrected chi connectivity index (χ3v) is 6.01. The number of benzene rings is 2. The lowest BCUT2D eigenvalue weighted by atomic mass is 10.1. The zero-order chi connectivity index (χ0) is 20.3. The molecule has 0 aliphatic carbocycles. The van der Waals surface area contributed by atoms with Gasteiger partial charge in [-0.05, 0) is 54.0 Å². The number of thiophene rings is 1. The minimum atomic E-state index is -0.576. The van der Waals surface area contributed by atoms with E-state index in [2.05, 4.69) is 5.32 Å². The Balaban J connectivity index is 1.95. The molecule has 1 heterocycles. The second kappa shape index (κ2) is 8.45. The highest BCUT2D eigenvalue weighted by molar-refractivity contribution is 7.98. The summed E-state index contributed by atoms with van der Waals surface area (Å²) >= 11 is 2.98. The average molecular weight is 415 g/mol. The Morgan fingerprint density at radius 2 is 2.04 bits per heavy atom. The fourth-order valence-electron chi connectivity index (χ4n) is 2.81. The lowest BCUT2D eigenvalue weighted by Crippen LogP contribution is -2.14. The van der Waals surface area contributed by atoms with Crippen LogP contribution in [-0.2, 0) is 0 Å². The molecule has 3 aromatic rings. The van der Waals surface area contributed by atoms with Crippen LogP contribution >= 0.6 is 23.1 Å². The molecule has 0 fully saturated rings. The van der Waals surface area contributed by atoms with E-state index in [1.54, 1.807) is 17.4 Å². The molecule has 0 aliphatic heterocycles. The van der Waals surface area contributed by atoms with Gasteiger partial charge >= 0.3 is 0 Å². The molecule has 0 radical (unpaired) electrons. The van der Waals surface area contributed by atoms with Crippen LogP contribution in [0.15, 0.2) is 52.7 Å². The number of nitro benzene ring substituents is 1. The zero-order valence-electron chi connectivity index (χ0n) is 15.5. The molecule has 0 unspecified atom stereocenters. The number of hydrogen-bond acceptors (Lipinski definition) is 6. The van der Waals surface area contributed by atoms with Crippen molar-refractivity contribution >= 4 is 40.4 Å². The van der Waals surface area contributed by atoms with E-state index in [0.717, 1.165) is 16.0 Å². The molecule has 8 heteroatoms. The van der Waals surface area contributed by atoms with Crippen molar-refractivity contribution in [3.05, 3.63) is 69.1 Å². The molecule has 0 saturated heterocycles. The first-order valence-corrected chi connectivity index (χ1v) is 10.4. The van der Waals surface area contributed by atoms with Gasteiger partial charge in [0.25, 0.3) is 11.6 Å². The summed E-state index contributed by atoms with van der Waals surface area (Å²) in [6, 6.07) is 12.2. The van der Waals surface area contributed by atoms with Gasteiger partial charge in [-0.25, -0.2) is 0 Å². The number of nitrogens with zero attached hydrogens (tertiary/aromatic N) is 1. The fourth-order valence-corrected chi connectivity index (χ4v) is 4.31. The number of ether oxygens (including phenoxy) is 1. The summed E-state index contributed by atoms with van der Waals surface area (Å²) < 4.78 is 5.19. The van der Waals surface area contributed by atoms with Gasteiger partial charge < -0.3 is 10.1 Å². The van der Waals surface area contributed by atoms with Crippen molar-refractivity contribution < 1.29 is 14.5 Å². The van der Waals surface area contributed by atoms with Gasteiger partial charge in [-0.1, -0.05) is 12.1 Å². The lowest BCUT2D eigenvalue weighted by Gasteiger charge is -2.11. The van der Waals surface area contributed by atoms with Gasteiger partial charge in [-0.15, -0.1) is 23.1 Å². The Morgan fingerprint density at radius 3 is 2.64 bits per heavy atom. The van der Waals surface area contributed by atoms with Gasteiger partial charge in [-0.2, -0.15) is 0 Å². The Morgan fingerprint density at radius 1 is 1.25 bits per heavy atom. The van der Waals surface area contributed by atoms with Crippen LogP contribution in [-0.4, -0.2) is 24.2 Å². The molecule has 0 aliphatic rings. The van der Waals surface area contributed by atoms with Crippen LogP contribution in [0.25, 0.3) is 10.4 Å². The van der Waals surface area contributed by atoms with Gasteiger partial charge in [0.1, 0.15) is 11.3 Å². The number of amides is 1. The number of hydrogen-bond donors (Lipinski definition) is 1. The molecule has 0 saturated carbocycles. The minimum Gasteiger partial charge on any atom is -0.495 e. The number of carbonyl (C=O) groups is 1. The van der Waals surface area contributed by atoms with Crippen LogP contribution in [0.3, 0.4) is 0 Å². The molecule has 1 N–H and O–H groups in total. The highest BCUT2D eigenvalue weighted by Gasteiger charge is 2.24. The molecule has 1 aromatic heterocycles. The smallest absolute Gasteiger partial charge is 0.285 e. The van der Waals surface area contributed by atoms with Crippen LogP contribution in [0.2, 0.25) is 0 Å². The predicted molar refractivity (Wildman–Crippen MR) is 114 cm³/mol. The molecule has 0 spiro atoms. The first-order valence-electron chi connectivity index (χ1n) is 8.31. The number of rotatable bonds is 6. The van der Waals surface area contributed by atoms with E-state index in [9.17, 15) is 14.9 Å². The number of carbonyl (C=O) groups excluding carboxylic acids is 1. The third-order valence-electron chi connectivity index (χ3n) is 4.19. The molecule has 3 rings (SSSR count). The molecular weight excluding hydrogens is 396 g/mol. The van der Waals surface area contributed by atoms with Gasteiger partial charge in [0, 0.05) is 10.6 Å². The number of nitrogens with one attached hydrogen (secondary N) is 1. The monoisotopic (exact) mass is 414 g/mol. The van der Waals surface area contributed by atoms with Gasteiger partial charge in [-0.3, -0.25) is 14.9 Å². The Hall–Kier alpha value is -2.84. The van der Waals surface area contributed by atoms with E-state index in [4.69, 9.17) is 4.74 Å². The summed E-state index contributed by atoms with van der Waals surface area (Å²) in [4.78, 5) is 25.5. The number of anilines is 1. The first-order chi connectivity index (χ1) is 13.4. The maximum Gasteiger partial charge on any atom is 0.285 e. The van der Waals surface area contributed by atoms with Crippen LogP contribution < -0.4 is 10.1 Å². The summed E-state index contributed by atoms with van der Waals surface area (Å²) in [5.74, 6) is -0.171. The summed E-state index contributed by atoms with van der Waals surface area (Å²) in [6.07, 6.45) is 1.82. The average Bonchev–Trinajstić information content (AvgIpc) is 3.12. The number of methoxy groups -OCH3 is 1. The van der Waals surface area contributed by atoms with E-state index in [-0.39, 0.29) is 11.3 Å². The second-order valence-electron chi connectivity index (χ2n) is 5.95. The highest BCUT2D eigenvalue weighted by atomic mass is 32.2. The Bertz CT molecular complexity index is 1050. The van der Waals surface area contributed by atoms with Crippen molar-refractivity contribution in [1.29, 1.82) is 0 Å². The van der Waals surface area contributed by atoms with E-state index >= 15 is 0 Å². The number of aryl methyl sites for hydroxylation is 1. The lowest BCUT2D eigenvalue weighted by molar-refractivity contribution is -0.385. The van der Waals surface area contributed by atoms with Crippen LogP contribution in [0.1, 0.15) is 15.9 Å². The van der Waals surface area contributed by atoms with Crippen molar-refractivity contribution in [2.45, 2.75) is 11.8 Å². The summed E-state index contributed by atoms with van der Waals surface area (Å²) in [5, 5.41) is 16.2. The van der Waals surface area contributed by atoms with E-state index in [1.807, 2.05) is 42.8 Å². The highest BCUT2D eigenvalue weighted by Crippen LogP contribution is 2.35. The maximum absolute atomic E-state index is 12.8. The summed E-state index contributed by atoms with van der Waals surface area (Å²) in [6.45, 7) is 2.03. The SMILES string of the molecule is COc1cc([N+](=O)[O-])c(C(=O)Nc2cccc(-c3sccc3C)c2)cc1SC. The standard InChI is InChI=1S/C20H18N2O4S2/c1-12-7-8-28-19(12)13-5-4-6-14(9-13)21-20(23)15-10-18(27-3)17(26-2)11-16(15)22(24)25/h4-11H,1-3H3,(H,21,23). The van der Waals surface area contributed by atoms with E-state index in [1.165, 1.54) is 31.0 Å². The first kappa shape index (κ1) is 19.9. The molecule has 144 valence electrons. The summed E-state index contributed by atoms with van der Waals surface area (Å²) in [5.41, 5.74) is 2.42. The largest absolute Gasteiger partial charge is 0.495 e. The van der Waals surface area contributed by atoms with Crippen LogP contribution in [0.4, 0.5) is 11.4 Å². The van der Waals surface area contributed by atoms with Crippen LogP contribution in [0, 0.1) is 17.0 Å². The number of nitro groups is 1. The van der Waals surface area contributed by atoms with Gasteiger partial charge in [0.15, 0.2) is 0 Å². The van der Waals surface area contributed by atoms with Crippen molar-refractivity contribution in [3.63, 3.8) is 0 Å². The Labute approximate surface area is 170 Å². The minimum absolute atomic E-state index is 0.00661. The fraction of sp³-hybridized carbons (Fsp3) is 0.150. The van der Waals surface area contributed by atoms with Gasteiger partial charge in [0.05, 0.1) is 23.0 Å². The summed E-state index contributed by atoms with van der Waals surface area (Å²) in [7, 11) is 1.44. The van der Waals surface area contributed by atoms with Crippen molar-refractivity contribution in [1.82, 2.24) is 0 Å². The second-order valence-corrected chi connectivity index (χ2v) is 7.71. The molecule has 1 amide bonds. The van der Waals surface area contributed by atoms with E-state index < -0.39 is 10.8 Å². The molecular formula is C20H18N2O4S2. The predicted octanol–water partition coefficient (Wildman–Crippen LogP) is 5.61. The van der Waals surface area contributed by atoms with Crippen molar-refractivity contribution in [2.75, 3.05) is 18.7 Å². The Kier molecular flexibility index (Phi) is 6.01. The van der Waals surface area contributed by atoms with Crippen molar-refractivity contribution in [3.8, 4) is 16.2 Å². The normalized spacial score (nSPS) is 10.5.